The Balaban J connectivity index is 1.74. The van der Waals surface area contributed by atoms with Crippen LogP contribution in [0.4, 0.5) is 5.69 Å². The van der Waals surface area contributed by atoms with Gasteiger partial charge in [-0.1, -0.05) is 6.07 Å². The van der Waals surface area contributed by atoms with E-state index in [0.717, 1.165) is 30.3 Å². The second kappa shape index (κ2) is 10.2. The molecular formula is C27H36N6S. The molecule has 1 fully saturated rings. The SMILES string of the molecule is Cc1cc([C@@H]2[C@@H](c3ccccn3)NC(=S)N2CCCN(C)C)c(C)n1-c1ccc(N(C)C)cc1. The highest BCUT2D eigenvalue weighted by Gasteiger charge is 2.41. The van der Waals surface area contributed by atoms with Gasteiger partial charge in [0, 0.05) is 49.6 Å². The van der Waals surface area contributed by atoms with Gasteiger partial charge in [0.05, 0.1) is 17.8 Å². The summed E-state index contributed by atoms with van der Waals surface area (Å²) in [6.07, 6.45) is 2.91. The van der Waals surface area contributed by atoms with Gasteiger partial charge in [0.25, 0.3) is 0 Å². The minimum Gasteiger partial charge on any atom is -0.378 e. The lowest BCUT2D eigenvalue weighted by Crippen LogP contribution is -2.32. The third-order valence-corrected chi connectivity index (χ3v) is 6.97. The van der Waals surface area contributed by atoms with Crippen molar-refractivity contribution in [3.63, 3.8) is 0 Å². The van der Waals surface area contributed by atoms with E-state index >= 15 is 0 Å². The number of hydrogen-bond acceptors (Lipinski definition) is 4. The predicted octanol–water partition coefficient (Wildman–Crippen LogP) is 4.48. The fourth-order valence-electron chi connectivity index (χ4n) is 4.93. The molecule has 0 unspecified atom stereocenters. The Morgan fingerprint density at radius 1 is 1.03 bits per heavy atom. The summed E-state index contributed by atoms with van der Waals surface area (Å²) in [5.41, 5.74) is 7.14. The fraction of sp³-hybridized carbons (Fsp3) is 0.407. The van der Waals surface area contributed by atoms with Crippen molar-refractivity contribution in [2.75, 3.05) is 46.2 Å². The molecular weight excluding hydrogens is 440 g/mol. The number of aryl methyl sites for hydroxylation is 1. The quantitative estimate of drug-likeness (QED) is 0.484. The molecule has 0 spiro atoms. The third kappa shape index (κ3) is 4.81. The minimum atomic E-state index is 0.0122. The Labute approximate surface area is 209 Å². The van der Waals surface area contributed by atoms with E-state index in [1.165, 1.54) is 28.3 Å². The van der Waals surface area contributed by atoms with E-state index < -0.39 is 0 Å². The molecule has 3 aromatic rings. The van der Waals surface area contributed by atoms with E-state index in [2.05, 4.69) is 114 Å². The molecule has 34 heavy (non-hydrogen) atoms. The molecule has 0 radical (unpaired) electrons. The minimum absolute atomic E-state index is 0.0122. The predicted molar refractivity (Wildman–Crippen MR) is 145 cm³/mol. The molecule has 180 valence electrons. The first kappa shape index (κ1) is 24.2. The molecule has 0 amide bonds. The highest BCUT2D eigenvalue weighted by Crippen LogP contribution is 2.41. The van der Waals surface area contributed by atoms with Gasteiger partial charge in [-0.3, -0.25) is 4.98 Å². The standard InChI is InChI=1S/C27H36N6S/c1-19-18-23(20(2)33(19)22-13-11-21(12-14-22)31(5)6)26-25(24-10-7-8-15-28-24)29-27(34)32(26)17-9-16-30(3)4/h7-8,10-15,18,25-26H,9,16-17H2,1-6H3,(H,29,34)/t25-,26-/m1/s1. The van der Waals surface area contributed by atoms with E-state index in [-0.39, 0.29) is 12.1 Å². The lowest BCUT2D eigenvalue weighted by atomic mass is 9.96. The second-order valence-electron chi connectivity index (χ2n) is 9.55. The van der Waals surface area contributed by atoms with Gasteiger partial charge in [0.1, 0.15) is 0 Å². The van der Waals surface area contributed by atoms with Crippen molar-refractivity contribution in [2.45, 2.75) is 32.4 Å². The largest absolute Gasteiger partial charge is 0.378 e. The fourth-order valence-corrected chi connectivity index (χ4v) is 5.26. The molecule has 7 heteroatoms. The third-order valence-electron chi connectivity index (χ3n) is 6.62. The molecule has 0 bridgehead atoms. The molecule has 1 N–H and O–H groups in total. The average molecular weight is 477 g/mol. The number of hydrogen-bond donors (Lipinski definition) is 1. The molecule has 6 nitrogen and oxygen atoms in total. The van der Waals surface area contributed by atoms with Gasteiger partial charge in [0.15, 0.2) is 5.11 Å². The number of thiocarbonyl (C=S) groups is 1. The Kier molecular flexibility index (Phi) is 7.24. The second-order valence-corrected chi connectivity index (χ2v) is 9.94. The van der Waals surface area contributed by atoms with Crippen LogP contribution in [-0.2, 0) is 0 Å². The lowest BCUT2D eigenvalue weighted by Gasteiger charge is -2.28. The van der Waals surface area contributed by atoms with Gasteiger partial charge >= 0.3 is 0 Å². The van der Waals surface area contributed by atoms with Gasteiger partial charge in [-0.25, -0.2) is 0 Å². The first-order chi connectivity index (χ1) is 16.3. The molecule has 3 heterocycles. The number of benzene rings is 1. The number of nitrogens with one attached hydrogen (secondary N) is 1. The van der Waals surface area contributed by atoms with Crippen LogP contribution in [0.1, 0.15) is 41.1 Å². The van der Waals surface area contributed by atoms with Crippen LogP contribution in [0.5, 0.6) is 0 Å². The van der Waals surface area contributed by atoms with Crippen LogP contribution in [0, 0.1) is 13.8 Å². The summed E-state index contributed by atoms with van der Waals surface area (Å²) in [7, 11) is 8.36. The van der Waals surface area contributed by atoms with Crippen LogP contribution in [0.25, 0.3) is 5.69 Å². The van der Waals surface area contributed by atoms with Gasteiger partial charge < -0.3 is 24.6 Å². The molecule has 4 rings (SSSR count). The molecule has 2 atom stereocenters. The van der Waals surface area contributed by atoms with Gasteiger partial charge in [-0.2, -0.15) is 0 Å². The first-order valence-corrected chi connectivity index (χ1v) is 12.3. The molecule has 0 saturated carbocycles. The molecule has 0 aliphatic carbocycles. The van der Waals surface area contributed by atoms with Crippen molar-refractivity contribution in [3.05, 3.63) is 77.4 Å². The summed E-state index contributed by atoms with van der Waals surface area (Å²) in [6.45, 7) is 6.33. The van der Waals surface area contributed by atoms with Crippen molar-refractivity contribution in [2.24, 2.45) is 0 Å². The number of nitrogens with zero attached hydrogens (tertiary/aromatic N) is 5. The van der Waals surface area contributed by atoms with E-state index in [1.54, 1.807) is 0 Å². The molecule has 1 aliphatic heterocycles. The van der Waals surface area contributed by atoms with Crippen molar-refractivity contribution in [3.8, 4) is 5.69 Å². The number of anilines is 1. The summed E-state index contributed by atoms with van der Waals surface area (Å²) in [5.74, 6) is 0. The van der Waals surface area contributed by atoms with E-state index in [9.17, 15) is 0 Å². The summed E-state index contributed by atoms with van der Waals surface area (Å²) in [4.78, 5) is 11.4. The van der Waals surface area contributed by atoms with Crippen LogP contribution < -0.4 is 10.2 Å². The lowest BCUT2D eigenvalue weighted by molar-refractivity contribution is 0.292. The number of aromatic nitrogens is 2. The Morgan fingerprint density at radius 3 is 2.38 bits per heavy atom. The molecule has 1 aromatic carbocycles. The zero-order chi connectivity index (χ0) is 24.4. The first-order valence-electron chi connectivity index (χ1n) is 11.9. The summed E-state index contributed by atoms with van der Waals surface area (Å²) in [5, 5.41) is 4.39. The zero-order valence-electron chi connectivity index (χ0n) is 21.1. The van der Waals surface area contributed by atoms with Gasteiger partial charge in [-0.15, -0.1) is 0 Å². The van der Waals surface area contributed by atoms with Crippen molar-refractivity contribution in [1.29, 1.82) is 0 Å². The van der Waals surface area contributed by atoms with Crippen molar-refractivity contribution in [1.82, 2.24) is 24.7 Å². The maximum Gasteiger partial charge on any atom is 0.170 e. The Hall–Kier alpha value is -2.90. The van der Waals surface area contributed by atoms with Crippen LogP contribution in [-0.4, -0.2) is 65.7 Å². The van der Waals surface area contributed by atoms with Crippen LogP contribution >= 0.6 is 12.2 Å². The van der Waals surface area contributed by atoms with Gasteiger partial charge in [-0.05, 0) is 101 Å². The van der Waals surface area contributed by atoms with Crippen LogP contribution in [0.2, 0.25) is 0 Å². The average Bonchev–Trinajstić information content (AvgIpc) is 3.29. The van der Waals surface area contributed by atoms with E-state index in [0.29, 0.717) is 0 Å². The normalized spacial score (nSPS) is 18.0. The highest BCUT2D eigenvalue weighted by atomic mass is 32.1. The number of rotatable bonds is 8. The maximum absolute atomic E-state index is 5.85. The summed E-state index contributed by atoms with van der Waals surface area (Å²) < 4.78 is 2.35. The monoisotopic (exact) mass is 476 g/mol. The highest BCUT2D eigenvalue weighted by molar-refractivity contribution is 7.80. The maximum atomic E-state index is 5.85. The van der Waals surface area contributed by atoms with Crippen molar-refractivity contribution < 1.29 is 0 Å². The smallest absolute Gasteiger partial charge is 0.170 e. The zero-order valence-corrected chi connectivity index (χ0v) is 21.9. The van der Waals surface area contributed by atoms with E-state index in [1.807, 2.05) is 12.3 Å². The number of pyridine rings is 1. The van der Waals surface area contributed by atoms with Gasteiger partial charge in [0.2, 0.25) is 0 Å². The van der Waals surface area contributed by atoms with Crippen LogP contribution in [0.3, 0.4) is 0 Å². The van der Waals surface area contributed by atoms with E-state index in [4.69, 9.17) is 12.2 Å². The molecule has 2 aromatic heterocycles. The van der Waals surface area contributed by atoms with Crippen LogP contribution in [0.15, 0.2) is 54.7 Å². The van der Waals surface area contributed by atoms with Crippen molar-refractivity contribution >= 4 is 23.0 Å². The molecule has 1 aliphatic rings. The summed E-state index contributed by atoms with van der Waals surface area (Å²) in [6, 6.07) is 17.3. The Bertz CT molecular complexity index is 1120. The summed E-state index contributed by atoms with van der Waals surface area (Å²) >= 11 is 5.85. The molecule has 1 saturated heterocycles. The Morgan fingerprint density at radius 2 is 1.76 bits per heavy atom. The topological polar surface area (TPSA) is 39.6 Å².